The van der Waals surface area contributed by atoms with Crippen molar-refractivity contribution in [1.82, 2.24) is 20.2 Å². The molecule has 0 radical (unpaired) electrons. The molecule has 1 saturated heterocycles. The van der Waals surface area contributed by atoms with Gasteiger partial charge in [-0.25, -0.2) is 9.97 Å². The molecule has 178 valence electrons. The monoisotopic (exact) mass is 470 g/mol. The molecule has 2 aromatic carbocycles. The first-order valence-electron chi connectivity index (χ1n) is 11.2. The molecule has 0 atom stereocenters. The van der Waals surface area contributed by atoms with E-state index in [1.54, 1.807) is 42.5 Å². The lowest BCUT2D eigenvalue weighted by Crippen LogP contribution is -2.38. The number of aromatic nitrogens is 2. The van der Waals surface area contributed by atoms with E-state index in [1.807, 2.05) is 0 Å². The van der Waals surface area contributed by atoms with Gasteiger partial charge < -0.3 is 15.0 Å². The van der Waals surface area contributed by atoms with Crippen LogP contribution in [0.15, 0.2) is 60.8 Å². The third-order valence-electron chi connectivity index (χ3n) is 5.60. The number of piperidine rings is 1. The van der Waals surface area contributed by atoms with E-state index in [0.717, 1.165) is 19.6 Å². The molecule has 6 nitrogen and oxygen atoms in total. The van der Waals surface area contributed by atoms with Gasteiger partial charge in [0.05, 0.1) is 5.69 Å². The Morgan fingerprint density at radius 2 is 1.76 bits per heavy atom. The Morgan fingerprint density at radius 3 is 2.56 bits per heavy atom. The number of ether oxygens (including phenoxy) is 1. The van der Waals surface area contributed by atoms with Gasteiger partial charge in [-0.05, 0) is 49.7 Å². The molecule has 1 amide bonds. The zero-order valence-corrected chi connectivity index (χ0v) is 18.5. The maximum Gasteiger partial charge on any atom is 0.573 e. The minimum Gasteiger partial charge on any atom is -0.405 e. The van der Waals surface area contributed by atoms with E-state index in [1.165, 1.54) is 37.6 Å². The molecule has 1 N–H and O–H groups in total. The molecule has 0 bridgehead atoms. The highest BCUT2D eigenvalue weighted by Gasteiger charge is 2.32. The number of halogens is 3. The van der Waals surface area contributed by atoms with Gasteiger partial charge in [0, 0.05) is 30.4 Å². The van der Waals surface area contributed by atoms with Gasteiger partial charge in [-0.15, -0.1) is 13.2 Å². The topological polar surface area (TPSA) is 67.4 Å². The van der Waals surface area contributed by atoms with Crippen LogP contribution in [0.25, 0.3) is 22.4 Å². The SMILES string of the molecule is O=C(NCCN1CCCCC1)c1nccc(-c2cccc(-c3ccccc3OC(F)(F)F)c2)n1. The van der Waals surface area contributed by atoms with Crippen molar-refractivity contribution < 1.29 is 22.7 Å². The van der Waals surface area contributed by atoms with Gasteiger partial charge in [-0.1, -0.05) is 42.8 Å². The average Bonchev–Trinajstić information content (AvgIpc) is 2.84. The highest BCUT2D eigenvalue weighted by molar-refractivity contribution is 5.91. The number of para-hydroxylation sites is 1. The summed E-state index contributed by atoms with van der Waals surface area (Å²) in [6, 6.07) is 14.5. The zero-order chi connectivity index (χ0) is 24.0. The van der Waals surface area contributed by atoms with Crippen LogP contribution in [-0.4, -0.2) is 53.3 Å². The number of hydrogen-bond donors (Lipinski definition) is 1. The van der Waals surface area contributed by atoms with E-state index < -0.39 is 6.36 Å². The summed E-state index contributed by atoms with van der Waals surface area (Å²) in [7, 11) is 0. The second kappa shape index (κ2) is 10.6. The Labute approximate surface area is 195 Å². The van der Waals surface area contributed by atoms with E-state index in [9.17, 15) is 18.0 Å². The van der Waals surface area contributed by atoms with Gasteiger partial charge in [0.15, 0.2) is 0 Å². The molecular weight excluding hydrogens is 445 g/mol. The van der Waals surface area contributed by atoms with Crippen molar-refractivity contribution in [3.05, 3.63) is 66.6 Å². The predicted molar refractivity (Wildman–Crippen MR) is 122 cm³/mol. The van der Waals surface area contributed by atoms with E-state index in [2.05, 4.69) is 24.9 Å². The van der Waals surface area contributed by atoms with Crippen molar-refractivity contribution in [2.45, 2.75) is 25.6 Å². The van der Waals surface area contributed by atoms with Crippen LogP contribution >= 0.6 is 0 Å². The highest BCUT2D eigenvalue weighted by atomic mass is 19.4. The van der Waals surface area contributed by atoms with Crippen molar-refractivity contribution in [1.29, 1.82) is 0 Å². The molecular formula is C25H25F3N4O2. The number of carbonyl (C=O) groups excluding carboxylic acids is 1. The van der Waals surface area contributed by atoms with Gasteiger partial charge in [-0.2, -0.15) is 0 Å². The number of amides is 1. The normalized spacial score (nSPS) is 14.6. The number of carbonyl (C=O) groups is 1. The van der Waals surface area contributed by atoms with Crippen molar-refractivity contribution in [3.63, 3.8) is 0 Å². The van der Waals surface area contributed by atoms with Crippen LogP contribution in [0.2, 0.25) is 0 Å². The molecule has 1 aliphatic heterocycles. The minimum atomic E-state index is -4.80. The molecule has 34 heavy (non-hydrogen) atoms. The molecule has 0 spiro atoms. The van der Waals surface area contributed by atoms with Crippen molar-refractivity contribution in [3.8, 4) is 28.1 Å². The van der Waals surface area contributed by atoms with Crippen molar-refractivity contribution in [2.24, 2.45) is 0 Å². The zero-order valence-electron chi connectivity index (χ0n) is 18.5. The Hall–Kier alpha value is -3.46. The minimum absolute atomic E-state index is 0.0438. The second-order valence-electron chi connectivity index (χ2n) is 8.05. The summed E-state index contributed by atoms with van der Waals surface area (Å²) in [6.07, 6.45) is 0.327. The number of nitrogens with zero attached hydrogens (tertiary/aromatic N) is 3. The predicted octanol–water partition coefficient (Wildman–Crippen LogP) is 4.92. The third-order valence-corrected chi connectivity index (χ3v) is 5.60. The summed E-state index contributed by atoms with van der Waals surface area (Å²) < 4.78 is 42.6. The van der Waals surface area contributed by atoms with E-state index >= 15 is 0 Å². The Kier molecular flexibility index (Phi) is 7.42. The third kappa shape index (κ3) is 6.32. The lowest BCUT2D eigenvalue weighted by atomic mass is 10.0. The van der Waals surface area contributed by atoms with Crippen LogP contribution in [0.4, 0.5) is 13.2 Å². The average molecular weight is 470 g/mol. The van der Waals surface area contributed by atoms with Crippen molar-refractivity contribution in [2.75, 3.05) is 26.2 Å². The van der Waals surface area contributed by atoms with E-state index in [-0.39, 0.29) is 17.5 Å². The molecule has 1 aromatic heterocycles. The van der Waals surface area contributed by atoms with Gasteiger partial charge >= 0.3 is 6.36 Å². The first-order valence-corrected chi connectivity index (χ1v) is 11.2. The number of alkyl halides is 3. The molecule has 2 heterocycles. The van der Waals surface area contributed by atoms with Gasteiger partial charge in [0.2, 0.25) is 5.82 Å². The number of rotatable bonds is 7. The maximum atomic E-state index is 12.8. The Morgan fingerprint density at radius 1 is 1.00 bits per heavy atom. The number of likely N-dealkylation sites (tertiary alicyclic amines) is 1. The summed E-state index contributed by atoms with van der Waals surface area (Å²) >= 11 is 0. The molecule has 9 heteroatoms. The number of hydrogen-bond acceptors (Lipinski definition) is 5. The summed E-state index contributed by atoms with van der Waals surface area (Å²) in [5.74, 6) is -0.607. The van der Waals surface area contributed by atoms with Crippen LogP contribution in [0.5, 0.6) is 5.75 Å². The maximum absolute atomic E-state index is 12.8. The molecule has 4 rings (SSSR count). The van der Waals surface area contributed by atoms with Crippen LogP contribution in [0.1, 0.15) is 29.9 Å². The quantitative estimate of drug-likeness (QED) is 0.531. The Balaban J connectivity index is 1.49. The van der Waals surface area contributed by atoms with Gasteiger partial charge in [0.25, 0.3) is 5.91 Å². The van der Waals surface area contributed by atoms with Crippen molar-refractivity contribution >= 4 is 5.91 Å². The van der Waals surface area contributed by atoms with Crippen LogP contribution in [0.3, 0.4) is 0 Å². The number of benzene rings is 2. The highest BCUT2D eigenvalue weighted by Crippen LogP contribution is 2.35. The Bertz CT molecular complexity index is 1130. The molecule has 1 aliphatic rings. The molecule has 1 fully saturated rings. The van der Waals surface area contributed by atoms with Crippen LogP contribution in [0, 0.1) is 0 Å². The van der Waals surface area contributed by atoms with Crippen LogP contribution in [-0.2, 0) is 0 Å². The van der Waals surface area contributed by atoms with E-state index in [0.29, 0.717) is 28.9 Å². The van der Waals surface area contributed by atoms with E-state index in [4.69, 9.17) is 0 Å². The molecule has 0 saturated carbocycles. The summed E-state index contributed by atoms with van der Waals surface area (Å²) in [6.45, 7) is 3.40. The fourth-order valence-electron chi connectivity index (χ4n) is 3.98. The molecule has 3 aromatic rings. The number of nitrogens with one attached hydrogen (secondary N) is 1. The summed E-state index contributed by atoms with van der Waals surface area (Å²) in [5, 5.41) is 2.86. The lowest BCUT2D eigenvalue weighted by molar-refractivity contribution is -0.274. The fourth-order valence-corrected chi connectivity index (χ4v) is 3.98. The smallest absolute Gasteiger partial charge is 0.405 e. The molecule has 0 unspecified atom stereocenters. The summed E-state index contributed by atoms with van der Waals surface area (Å²) in [4.78, 5) is 23.3. The lowest BCUT2D eigenvalue weighted by Gasteiger charge is -2.26. The first kappa shape index (κ1) is 23.7. The fraction of sp³-hybridized carbons (Fsp3) is 0.320. The molecule has 0 aliphatic carbocycles. The first-order chi connectivity index (χ1) is 16.4. The van der Waals surface area contributed by atoms with Crippen LogP contribution < -0.4 is 10.1 Å². The van der Waals surface area contributed by atoms with Gasteiger partial charge in [0.1, 0.15) is 5.75 Å². The largest absolute Gasteiger partial charge is 0.573 e. The standard InChI is InChI=1S/C25H25F3N4O2/c26-25(27,28)34-22-10-3-2-9-20(22)18-7-6-8-19(17-18)21-11-12-29-23(31-21)24(33)30-13-16-32-14-4-1-5-15-32/h2-3,6-12,17H,1,4-5,13-16H2,(H,30,33). The summed E-state index contributed by atoms with van der Waals surface area (Å²) in [5.41, 5.74) is 1.96. The second-order valence-corrected chi connectivity index (χ2v) is 8.05. The van der Waals surface area contributed by atoms with Gasteiger partial charge in [-0.3, -0.25) is 4.79 Å².